The van der Waals surface area contributed by atoms with Gasteiger partial charge in [0.25, 0.3) is 5.91 Å². The molecule has 5 N–H and O–H groups in total. The first-order chi connectivity index (χ1) is 7.88. The van der Waals surface area contributed by atoms with Gasteiger partial charge in [0.1, 0.15) is 5.82 Å². The summed E-state index contributed by atoms with van der Waals surface area (Å²) in [5.74, 6) is -1.60. The number of anilines is 1. The fraction of sp³-hybridized carbons (Fsp3) is 0.273. The van der Waals surface area contributed by atoms with Crippen LogP contribution in [-0.4, -0.2) is 17.9 Å². The minimum atomic E-state index is -0.585. The maximum atomic E-state index is 13.0. The van der Waals surface area contributed by atoms with Crippen LogP contribution in [0.25, 0.3) is 0 Å². The summed E-state index contributed by atoms with van der Waals surface area (Å²) in [6.07, 6.45) is 0.0243. The molecule has 0 fully saturated rings. The van der Waals surface area contributed by atoms with Crippen molar-refractivity contribution in [3.05, 3.63) is 29.6 Å². The largest absolute Gasteiger partial charge is 0.399 e. The van der Waals surface area contributed by atoms with E-state index in [4.69, 9.17) is 11.5 Å². The molecule has 5 nitrogen and oxygen atoms in total. The normalized spacial score (nSPS) is 11.9. The summed E-state index contributed by atoms with van der Waals surface area (Å²) in [6, 6.07) is 3.13. The van der Waals surface area contributed by atoms with Crippen molar-refractivity contribution < 1.29 is 14.0 Å². The van der Waals surface area contributed by atoms with E-state index in [1.165, 1.54) is 6.07 Å². The minimum absolute atomic E-state index is 0.0243. The molecule has 1 atom stereocenters. The third-order valence-corrected chi connectivity index (χ3v) is 2.07. The van der Waals surface area contributed by atoms with E-state index in [1.54, 1.807) is 6.92 Å². The molecule has 0 saturated carbocycles. The fourth-order valence-electron chi connectivity index (χ4n) is 1.40. The number of halogens is 1. The predicted molar refractivity (Wildman–Crippen MR) is 61.6 cm³/mol. The molecule has 0 aromatic heterocycles. The van der Waals surface area contributed by atoms with Crippen LogP contribution in [0.15, 0.2) is 18.2 Å². The zero-order valence-corrected chi connectivity index (χ0v) is 9.37. The van der Waals surface area contributed by atoms with Gasteiger partial charge in [0.2, 0.25) is 5.91 Å². The molecule has 6 heteroatoms. The number of nitrogens with one attached hydrogen (secondary N) is 1. The van der Waals surface area contributed by atoms with Crippen LogP contribution < -0.4 is 16.8 Å². The maximum Gasteiger partial charge on any atom is 0.251 e. The topological polar surface area (TPSA) is 98.2 Å². The molecular formula is C11H14FN3O2. The molecule has 0 heterocycles. The van der Waals surface area contributed by atoms with E-state index < -0.39 is 23.7 Å². The smallest absolute Gasteiger partial charge is 0.251 e. The van der Waals surface area contributed by atoms with Crippen LogP contribution in [0.1, 0.15) is 23.7 Å². The molecule has 2 amide bonds. The molecule has 1 aromatic carbocycles. The fourth-order valence-corrected chi connectivity index (χ4v) is 1.40. The van der Waals surface area contributed by atoms with E-state index in [9.17, 15) is 14.0 Å². The van der Waals surface area contributed by atoms with Crippen molar-refractivity contribution in [2.24, 2.45) is 5.73 Å². The molecule has 0 saturated heterocycles. The molecule has 0 spiro atoms. The lowest BCUT2D eigenvalue weighted by atomic mass is 10.1. The number of carbonyl (C=O) groups is 2. The Morgan fingerprint density at radius 3 is 2.59 bits per heavy atom. The number of nitrogen functional groups attached to an aromatic ring is 1. The van der Waals surface area contributed by atoms with Gasteiger partial charge < -0.3 is 16.8 Å². The van der Waals surface area contributed by atoms with Gasteiger partial charge in [0, 0.05) is 23.7 Å². The highest BCUT2D eigenvalue weighted by Crippen LogP contribution is 2.10. The third-order valence-electron chi connectivity index (χ3n) is 2.07. The lowest BCUT2D eigenvalue weighted by Crippen LogP contribution is -2.35. The third kappa shape index (κ3) is 4.10. The Kier molecular flexibility index (Phi) is 4.03. The van der Waals surface area contributed by atoms with Crippen LogP contribution in [0.2, 0.25) is 0 Å². The Morgan fingerprint density at radius 2 is 2.06 bits per heavy atom. The minimum Gasteiger partial charge on any atom is -0.399 e. The first-order valence-electron chi connectivity index (χ1n) is 5.03. The van der Waals surface area contributed by atoms with Crippen molar-refractivity contribution in [3.63, 3.8) is 0 Å². The van der Waals surface area contributed by atoms with E-state index in [0.717, 1.165) is 12.1 Å². The van der Waals surface area contributed by atoms with Crippen molar-refractivity contribution in [1.29, 1.82) is 0 Å². The summed E-state index contributed by atoms with van der Waals surface area (Å²) in [7, 11) is 0. The van der Waals surface area contributed by atoms with E-state index in [1.807, 2.05) is 0 Å². The van der Waals surface area contributed by atoms with Gasteiger partial charge in [-0.2, -0.15) is 0 Å². The highest BCUT2D eigenvalue weighted by atomic mass is 19.1. The molecule has 0 radical (unpaired) electrons. The van der Waals surface area contributed by atoms with Crippen molar-refractivity contribution in [3.8, 4) is 0 Å². The summed E-state index contributed by atoms with van der Waals surface area (Å²) < 4.78 is 13.0. The lowest BCUT2D eigenvalue weighted by molar-refractivity contribution is -0.118. The average Bonchev–Trinajstić information content (AvgIpc) is 2.14. The second kappa shape index (κ2) is 5.29. The highest BCUT2D eigenvalue weighted by molar-refractivity contribution is 5.95. The second-order valence-corrected chi connectivity index (χ2v) is 3.82. The van der Waals surface area contributed by atoms with E-state index in [-0.39, 0.29) is 17.7 Å². The molecule has 0 aliphatic rings. The number of hydrogen-bond donors (Lipinski definition) is 3. The number of benzene rings is 1. The second-order valence-electron chi connectivity index (χ2n) is 3.82. The van der Waals surface area contributed by atoms with Gasteiger partial charge >= 0.3 is 0 Å². The van der Waals surface area contributed by atoms with Gasteiger partial charge in [0.15, 0.2) is 0 Å². The lowest BCUT2D eigenvalue weighted by Gasteiger charge is -2.12. The van der Waals surface area contributed by atoms with Gasteiger partial charge in [-0.25, -0.2) is 4.39 Å². The Balaban J connectivity index is 2.72. The predicted octanol–water partition coefficient (Wildman–Crippen LogP) is 0.402. The number of rotatable bonds is 4. The Labute approximate surface area is 98.0 Å². The van der Waals surface area contributed by atoms with Crippen LogP contribution in [0.5, 0.6) is 0 Å². The van der Waals surface area contributed by atoms with Gasteiger partial charge in [-0.05, 0) is 25.1 Å². The number of amides is 2. The Bertz CT molecular complexity index is 428. The molecule has 0 aliphatic heterocycles. The summed E-state index contributed by atoms with van der Waals surface area (Å²) in [5, 5.41) is 2.52. The van der Waals surface area contributed by atoms with E-state index >= 15 is 0 Å². The Hall–Kier alpha value is -2.11. The first-order valence-corrected chi connectivity index (χ1v) is 5.03. The van der Waals surface area contributed by atoms with Gasteiger partial charge in [-0.3, -0.25) is 9.59 Å². The van der Waals surface area contributed by atoms with Crippen LogP contribution in [-0.2, 0) is 4.79 Å². The van der Waals surface area contributed by atoms with Crippen molar-refractivity contribution in [2.45, 2.75) is 19.4 Å². The van der Waals surface area contributed by atoms with Crippen LogP contribution in [0.4, 0.5) is 10.1 Å². The number of hydrogen-bond acceptors (Lipinski definition) is 3. The van der Waals surface area contributed by atoms with Crippen LogP contribution >= 0.6 is 0 Å². The molecule has 17 heavy (non-hydrogen) atoms. The van der Waals surface area contributed by atoms with Crippen molar-refractivity contribution in [2.75, 3.05) is 5.73 Å². The molecule has 0 bridgehead atoms. The monoisotopic (exact) mass is 239 g/mol. The molecule has 1 aromatic rings. The standard InChI is InChI=1S/C11H14FN3O2/c1-6(2-10(14)16)15-11(17)7-3-8(12)5-9(13)4-7/h3-6H,2,13H2,1H3,(H2,14,16)(H,15,17). The van der Waals surface area contributed by atoms with Crippen LogP contribution in [0.3, 0.4) is 0 Å². The first kappa shape index (κ1) is 13.0. The molecule has 1 unspecified atom stereocenters. The van der Waals surface area contributed by atoms with Gasteiger partial charge in [0.05, 0.1) is 0 Å². The van der Waals surface area contributed by atoms with Gasteiger partial charge in [-0.1, -0.05) is 0 Å². The van der Waals surface area contributed by atoms with Crippen molar-refractivity contribution in [1.82, 2.24) is 5.32 Å². The van der Waals surface area contributed by atoms with Crippen molar-refractivity contribution >= 4 is 17.5 Å². The summed E-state index contributed by atoms with van der Waals surface area (Å²) >= 11 is 0. The van der Waals surface area contributed by atoms with Crippen LogP contribution in [0, 0.1) is 5.82 Å². The van der Waals surface area contributed by atoms with E-state index in [0.29, 0.717) is 0 Å². The van der Waals surface area contributed by atoms with Gasteiger partial charge in [-0.15, -0.1) is 0 Å². The molecule has 92 valence electrons. The van der Waals surface area contributed by atoms with E-state index in [2.05, 4.69) is 5.32 Å². The summed E-state index contributed by atoms with van der Waals surface area (Å²) in [4.78, 5) is 22.3. The zero-order chi connectivity index (χ0) is 13.0. The molecular weight excluding hydrogens is 225 g/mol. The zero-order valence-electron chi connectivity index (χ0n) is 9.37. The SMILES string of the molecule is CC(CC(N)=O)NC(=O)c1cc(N)cc(F)c1. The Morgan fingerprint density at radius 1 is 1.41 bits per heavy atom. The molecule has 0 aliphatic carbocycles. The molecule has 1 rings (SSSR count). The summed E-state index contributed by atoms with van der Waals surface area (Å²) in [6.45, 7) is 1.63. The highest BCUT2D eigenvalue weighted by Gasteiger charge is 2.12. The quantitative estimate of drug-likeness (QED) is 0.663. The summed E-state index contributed by atoms with van der Waals surface area (Å²) in [5.41, 5.74) is 10.7. The number of carbonyl (C=O) groups excluding carboxylic acids is 2. The maximum absolute atomic E-state index is 13.0. The number of primary amides is 1. The number of nitrogens with two attached hydrogens (primary N) is 2. The average molecular weight is 239 g/mol.